The summed E-state index contributed by atoms with van der Waals surface area (Å²) in [7, 11) is 1.99. The van der Waals surface area contributed by atoms with Gasteiger partial charge in [-0.15, -0.1) is 0 Å². The van der Waals surface area contributed by atoms with Crippen LogP contribution in [0.3, 0.4) is 0 Å². The van der Waals surface area contributed by atoms with Crippen molar-refractivity contribution in [2.45, 2.75) is 20.4 Å². The third kappa shape index (κ3) is 6.50. The van der Waals surface area contributed by atoms with Crippen LogP contribution in [0.25, 0.3) is 44.6 Å². The summed E-state index contributed by atoms with van der Waals surface area (Å²) in [5.41, 5.74) is 11.5. The van der Waals surface area contributed by atoms with Gasteiger partial charge in [0.2, 0.25) is 0 Å². The van der Waals surface area contributed by atoms with Crippen LogP contribution in [0.2, 0.25) is 0 Å². The van der Waals surface area contributed by atoms with E-state index in [2.05, 4.69) is 153 Å². The highest BCUT2D eigenvalue weighted by molar-refractivity contribution is 9.10. The number of aromatic amines is 1. The van der Waals surface area contributed by atoms with Gasteiger partial charge >= 0.3 is 0 Å². The van der Waals surface area contributed by atoms with Crippen molar-refractivity contribution in [3.63, 3.8) is 0 Å². The zero-order chi connectivity index (χ0) is 29.3. The lowest BCUT2D eigenvalue weighted by Crippen LogP contribution is -2.18. The second-order valence-electron chi connectivity index (χ2n) is 9.74. The van der Waals surface area contributed by atoms with Crippen molar-refractivity contribution in [2.75, 3.05) is 7.05 Å². The number of hydrogen-bond acceptors (Lipinski definition) is 2. The van der Waals surface area contributed by atoms with Gasteiger partial charge in [0.1, 0.15) is 0 Å². The van der Waals surface area contributed by atoms with Crippen molar-refractivity contribution in [3.8, 4) is 22.3 Å². The number of rotatable bonds is 8. The second-order valence-corrected chi connectivity index (χ2v) is 10.7. The summed E-state index contributed by atoms with van der Waals surface area (Å²) in [4.78, 5) is 3.41. The van der Waals surface area contributed by atoms with Gasteiger partial charge in [-0.1, -0.05) is 139 Å². The first kappa shape index (κ1) is 29.0. The summed E-state index contributed by atoms with van der Waals surface area (Å²) in [6.07, 6.45) is 2.09. The molecule has 0 radical (unpaired) electrons. The minimum Gasteiger partial charge on any atom is -0.386 e. The SMILES string of the molecule is CC.CN/C(=C(\NCc1c[nH]c2ccc(Br)cc12)c1ccc(-c2ccccc2)cc1)c1ccc(-c2ccccc2)cc1. The highest BCUT2D eigenvalue weighted by Crippen LogP contribution is 2.29. The van der Waals surface area contributed by atoms with Gasteiger partial charge in [0.25, 0.3) is 0 Å². The second kappa shape index (κ2) is 13.9. The minimum atomic E-state index is 0.680. The maximum absolute atomic E-state index is 3.79. The fourth-order valence-corrected chi connectivity index (χ4v) is 5.51. The van der Waals surface area contributed by atoms with Crippen LogP contribution in [0.15, 0.2) is 138 Å². The molecule has 0 aliphatic carbocycles. The van der Waals surface area contributed by atoms with E-state index in [0.717, 1.165) is 32.5 Å². The average molecular weight is 615 g/mol. The quantitative estimate of drug-likeness (QED) is 0.149. The molecule has 0 unspecified atom stereocenters. The molecule has 42 heavy (non-hydrogen) atoms. The fourth-order valence-electron chi connectivity index (χ4n) is 5.15. The summed E-state index contributed by atoms with van der Waals surface area (Å²) < 4.78 is 1.07. The predicted octanol–water partition coefficient (Wildman–Crippen LogP) is 10.1. The van der Waals surface area contributed by atoms with Crippen LogP contribution in [0.4, 0.5) is 0 Å². The molecule has 1 aromatic heterocycles. The van der Waals surface area contributed by atoms with E-state index in [0.29, 0.717) is 6.54 Å². The summed E-state index contributed by atoms with van der Waals surface area (Å²) in [5.74, 6) is 0. The molecule has 210 valence electrons. The van der Waals surface area contributed by atoms with Gasteiger partial charge in [-0.3, -0.25) is 0 Å². The number of H-pyrrole nitrogens is 1. The molecule has 0 saturated heterocycles. The third-order valence-corrected chi connectivity index (χ3v) is 7.74. The summed E-state index contributed by atoms with van der Waals surface area (Å²) >= 11 is 3.63. The van der Waals surface area contributed by atoms with Gasteiger partial charge in [-0.25, -0.2) is 0 Å². The standard InChI is InChI=1S/C36H30BrN3.C2H6/c1-38-35(29-16-12-27(13-17-29)25-8-4-2-5-9-25)36(30-18-14-28(15-19-30)26-10-6-3-7-11-26)40-24-31-23-39-34-21-20-32(37)22-33(31)34;1-2/h2-23,38-40H,24H2,1H3;1-2H3/b36-35-;. The maximum Gasteiger partial charge on any atom is 0.0658 e. The van der Waals surface area contributed by atoms with E-state index in [1.165, 1.54) is 33.2 Å². The Morgan fingerprint density at radius 1 is 0.619 bits per heavy atom. The lowest BCUT2D eigenvalue weighted by atomic mass is 9.98. The first-order valence-electron chi connectivity index (χ1n) is 14.4. The molecule has 6 rings (SSSR count). The molecule has 0 atom stereocenters. The highest BCUT2D eigenvalue weighted by atomic mass is 79.9. The van der Waals surface area contributed by atoms with Crippen molar-refractivity contribution in [1.82, 2.24) is 15.6 Å². The smallest absolute Gasteiger partial charge is 0.0658 e. The summed E-state index contributed by atoms with van der Waals surface area (Å²) in [6, 6.07) is 44.9. The van der Waals surface area contributed by atoms with Crippen molar-refractivity contribution in [2.24, 2.45) is 0 Å². The largest absolute Gasteiger partial charge is 0.386 e. The van der Waals surface area contributed by atoms with Crippen molar-refractivity contribution in [3.05, 3.63) is 155 Å². The predicted molar refractivity (Wildman–Crippen MR) is 184 cm³/mol. The van der Waals surface area contributed by atoms with Gasteiger partial charge in [0.15, 0.2) is 0 Å². The first-order valence-corrected chi connectivity index (χ1v) is 15.2. The van der Waals surface area contributed by atoms with E-state index in [1.54, 1.807) is 0 Å². The van der Waals surface area contributed by atoms with Crippen LogP contribution in [0, 0.1) is 0 Å². The third-order valence-electron chi connectivity index (χ3n) is 7.25. The normalized spacial score (nSPS) is 11.3. The molecule has 5 aromatic carbocycles. The Morgan fingerprint density at radius 3 is 1.64 bits per heavy atom. The van der Waals surface area contributed by atoms with Crippen LogP contribution in [-0.4, -0.2) is 12.0 Å². The molecule has 0 fully saturated rings. The monoisotopic (exact) mass is 613 g/mol. The first-order chi connectivity index (χ1) is 20.7. The Kier molecular flexibility index (Phi) is 9.58. The Bertz CT molecular complexity index is 1750. The van der Waals surface area contributed by atoms with E-state index in [-0.39, 0.29) is 0 Å². The molecule has 0 saturated carbocycles. The molecule has 0 aliphatic rings. The zero-order valence-corrected chi connectivity index (χ0v) is 25.9. The van der Waals surface area contributed by atoms with E-state index in [4.69, 9.17) is 0 Å². The minimum absolute atomic E-state index is 0.680. The van der Waals surface area contributed by atoms with E-state index >= 15 is 0 Å². The Morgan fingerprint density at radius 2 is 1.12 bits per heavy atom. The number of halogens is 1. The lowest BCUT2D eigenvalue weighted by molar-refractivity contribution is 0.891. The zero-order valence-electron chi connectivity index (χ0n) is 24.3. The van der Waals surface area contributed by atoms with Gasteiger partial charge in [0.05, 0.1) is 11.4 Å². The lowest BCUT2D eigenvalue weighted by Gasteiger charge is -2.19. The molecule has 1 heterocycles. The summed E-state index contributed by atoms with van der Waals surface area (Å²) in [6.45, 7) is 4.68. The Hall–Kier alpha value is -4.54. The molecule has 3 N–H and O–H groups in total. The molecule has 3 nitrogen and oxygen atoms in total. The Labute approximate surface area is 257 Å². The number of hydrogen-bond donors (Lipinski definition) is 3. The van der Waals surface area contributed by atoms with E-state index < -0.39 is 0 Å². The number of fused-ring (bicyclic) bond motifs is 1. The molecule has 0 amide bonds. The summed E-state index contributed by atoms with van der Waals surface area (Å²) in [5, 5.41) is 8.49. The topological polar surface area (TPSA) is 39.8 Å². The fraction of sp³-hybridized carbons (Fsp3) is 0.105. The molecule has 4 heteroatoms. The molecule has 0 aliphatic heterocycles. The molecular weight excluding hydrogens is 578 g/mol. The van der Waals surface area contributed by atoms with Crippen molar-refractivity contribution >= 4 is 38.2 Å². The van der Waals surface area contributed by atoms with Crippen molar-refractivity contribution < 1.29 is 0 Å². The van der Waals surface area contributed by atoms with Crippen LogP contribution in [0.5, 0.6) is 0 Å². The van der Waals surface area contributed by atoms with Crippen molar-refractivity contribution in [1.29, 1.82) is 0 Å². The Balaban J connectivity index is 0.00000173. The van der Waals surface area contributed by atoms with Crippen LogP contribution in [0.1, 0.15) is 30.5 Å². The maximum atomic E-state index is 3.79. The van der Waals surface area contributed by atoms with Crippen LogP contribution in [-0.2, 0) is 6.54 Å². The van der Waals surface area contributed by atoms with Crippen LogP contribution < -0.4 is 10.6 Å². The number of nitrogens with one attached hydrogen (secondary N) is 3. The number of aromatic nitrogens is 1. The van der Waals surface area contributed by atoms with Gasteiger partial charge in [0, 0.05) is 35.2 Å². The van der Waals surface area contributed by atoms with Gasteiger partial charge in [-0.2, -0.15) is 0 Å². The van der Waals surface area contributed by atoms with Gasteiger partial charge in [-0.05, 0) is 57.1 Å². The van der Waals surface area contributed by atoms with E-state index in [1.807, 2.05) is 33.0 Å². The highest BCUT2D eigenvalue weighted by Gasteiger charge is 2.13. The van der Waals surface area contributed by atoms with Crippen LogP contribution >= 0.6 is 15.9 Å². The molecule has 0 bridgehead atoms. The molecular formula is C38H36BrN3. The number of benzene rings is 5. The molecule has 6 aromatic rings. The molecule has 0 spiro atoms. The average Bonchev–Trinajstić information content (AvgIpc) is 3.47. The van der Waals surface area contributed by atoms with Gasteiger partial charge < -0.3 is 15.6 Å². The van der Waals surface area contributed by atoms with E-state index in [9.17, 15) is 0 Å².